The summed E-state index contributed by atoms with van der Waals surface area (Å²) in [6.07, 6.45) is -8.52. The van der Waals surface area contributed by atoms with Crippen LogP contribution in [-0.4, -0.2) is 22.4 Å². The monoisotopic (exact) mass is 319 g/mol. The Kier molecular flexibility index (Phi) is 5.09. The number of carboxylic acid groups (broad SMARTS) is 1. The zero-order valence-corrected chi connectivity index (χ0v) is 10.3. The van der Waals surface area contributed by atoms with Gasteiger partial charge in [-0.1, -0.05) is 0 Å². The summed E-state index contributed by atoms with van der Waals surface area (Å²) < 4.78 is 65.4. The standard InChI is InChI=1S/C10H7ClF5NO3/c11-2-5-4(1-6(18)19)3-17-9(7(5)8(12)13)20-10(14,15)16/h3,8H,1-2H2,(H,18,19). The predicted octanol–water partition coefficient (Wildman–Crippen LogP) is 3.28. The number of rotatable bonds is 5. The van der Waals surface area contributed by atoms with Crippen molar-refractivity contribution in [2.24, 2.45) is 0 Å². The third kappa shape index (κ3) is 4.19. The van der Waals surface area contributed by atoms with Gasteiger partial charge in [-0.2, -0.15) is 0 Å². The van der Waals surface area contributed by atoms with E-state index in [2.05, 4.69) is 9.72 Å². The van der Waals surface area contributed by atoms with Gasteiger partial charge in [0.05, 0.1) is 12.0 Å². The van der Waals surface area contributed by atoms with E-state index in [-0.39, 0.29) is 5.56 Å². The Bertz CT molecular complexity index is 506. The number of ether oxygens (including phenoxy) is 1. The van der Waals surface area contributed by atoms with E-state index in [9.17, 15) is 26.7 Å². The molecule has 0 saturated heterocycles. The number of aliphatic carboxylic acids is 1. The molecule has 10 heteroatoms. The highest BCUT2D eigenvalue weighted by Crippen LogP contribution is 2.36. The number of pyridine rings is 1. The summed E-state index contributed by atoms with van der Waals surface area (Å²) >= 11 is 5.42. The Morgan fingerprint density at radius 2 is 2.05 bits per heavy atom. The molecule has 0 spiro atoms. The largest absolute Gasteiger partial charge is 0.574 e. The van der Waals surface area contributed by atoms with Crippen molar-refractivity contribution in [3.8, 4) is 5.88 Å². The average molecular weight is 320 g/mol. The fraction of sp³-hybridized carbons (Fsp3) is 0.400. The lowest BCUT2D eigenvalue weighted by molar-refractivity contribution is -0.276. The van der Waals surface area contributed by atoms with Crippen molar-refractivity contribution >= 4 is 17.6 Å². The smallest absolute Gasteiger partial charge is 0.481 e. The molecule has 112 valence electrons. The summed E-state index contributed by atoms with van der Waals surface area (Å²) in [5, 5.41) is 8.60. The Labute approximate surface area is 114 Å². The predicted molar refractivity (Wildman–Crippen MR) is 56.8 cm³/mol. The van der Waals surface area contributed by atoms with Crippen molar-refractivity contribution < 1.29 is 36.6 Å². The van der Waals surface area contributed by atoms with Gasteiger partial charge >= 0.3 is 12.3 Å². The maximum atomic E-state index is 12.9. The molecule has 0 aromatic carbocycles. The first kappa shape index (κ1) is 16.4. The second-order valence-electron chi connectivity index (χ2n) is 3.53. The van der Waals surface area contributed by atoms with Crippen LogP contribution in [0.4, 0.5) is 22.0 Å². The number of carboxylic acids is 1. The van der Waals surface area contributed by atoms with Crippen molar-refractivity contribution in [1.82, 2.24) is 4.98 Å². The van der Waals surface area contributed by atoms with E-state index in [0.29, 0.717) is 0 Å². The van der Waals surface area contributed by atoms with Crippen molar-refractivity contribution in [1.29, 1.82) is 0 Å². The zero-order chi connectivity index (χ0) is 15.5. The number of aromatic nitrogens is 1. The summed E-state index contributed by atoms with van der Waals surface area (Å²) in [5.41, 5.74) is -1.79. The molecule has 0 aliphatic rings. The molecule has 0 radical (unpaired) electrons. The average Bonchev–Trinajstić information content (AvgIpc) is 2.27. The SMILES string of the molecule is O=C(O)Cc1cnc(OC(F)(F)F)c(C(F)F)c1CCl. The van der Waals surface area contributed by atoms with Gasteiger partial charge in [-0.15, -0.1) is 24.8 Å². The normalized spacial score (nSPS) is 11.8. The van der Waals surface area contributed by atoms with Crippen LogP contribution in [0.1, 0.15) is 23.1 Å². The minimum absolute atomic E-state index is 0.197. The third-order valence-corrected chi connectivity index (χ3v) is 2.45. The molecule has 1 N–H and O–H groups in total. The number of alkyl halides is 6. The van der Waals surface area contributed by atoms with Crippen LogP contribution < -0.4 is 4.74 Å². The fourth-order valence-corrected chi connectivity index (χ4v) is 1.79. The second-order valence-corrected chi connectivity index (χ2v) is 3.80. The molecule has 1 aromatic heterocycles. The van der Waals surface area contributed by atoms with E-state index >= 15 is 0 Å². The van der Waals surface area contributed by atoms with E-state index in [1.165, 1.54) is 0 Å². The quantitative estimate of drug-likeness (QED) is 0.668. The maximum Gasteiger partial charge on any atom is 0.574 e. The van der Waals surface area contributed by atoms with Gasteiger partial charge in [-0.25, -0.2) is 13.8 Å². The second kappa shape index (κ2) is 6.21. The van der Waals surface area contributed by atoms with Crippen LogP contribution in [-0.2, 0) is 17.1 Å². The highest BCUT2D eigenvalue weighted by Gasteiger charge is 2.35. The maximum absolute atomic E-state index is 12.9. The van der Waals surface area contributed by atoms with Crippen LogP contribution in [0, 0.1) is 0 Å². The Morgan fingerprint density at radius 3 is 2.45 bits per heavy atom. The molecular weight excluding hydrogens is 313 g/mol. The van der Waals surface area contributed by atoms with Gasteiger partial charge in [0.1, 0.15) is 0 Å². The topological polar surface area (TPSA) is 59.4 Å². The van der Waals surface area contributed by atoms with Gasteiger partial charge in [0.25, 0.3) is 6.43 Å². The summed E-state index contributed by atoms with van der Waals surface area (Å²) in [6, 6.07) is 0. The fourth-order valence-electron chi connectivity index (χ4n) is 1.48. The molecule has 0 saturated carbocycles. The summed E-state index contributed by atoms with van der Waals surface area (Å²) in [5.74, 6) is -3.29. The van der Waals surface area contributed by atoms with E-state index in [4.69, 9.17) is 16.7 Å². The molecule has 0 fully saturated rings. The number of halogens is 6. The van der Waals surface area contributed by atoms with Crippen molar-refractivity contribution in [3.05, 3.63) is 22.9 Å². The van der Waals surface area contributed by atoms with Crippen LogP contribution >= 0.6 is 11.6 Å². The molecule has 20 heavy (non-hydrogen) atoms. The molecule has 1 aromatic rings. The van der Waals surface area contributed by atoms with Gasteiger partial charge in [-0.05, 0) is 11.1 Å². The molecule has 0 aliphatic carbocycles. The van der Waals surface area contributed by atoms with Crippen LogP contribution in [0.5, 0.6) is 5.88 Å². The lowest BCUT2D eigenvalue weighted by atomic mass is 10.0. The summed E-state index contributed by atoms with van der Waals surface area (Å²) in [4.78, 5) is 13.7. The van der Waals surface area contributed by atoms with Gasteiger partial charge in [-0.3, -0.25) is 4.79 Å². The van der Waals surface area contributed by atoms with Gasteiger partial charge in [0.15, 0.2) is 0 Å². The highest BCUT2D eigenvalue weighted by atomic mass is 35.5. The first-order valence-corrected chi connectivity index (χ1v) is 5.51. The van der Waals surface area contributed by atoms with Crippen LogP contribution in [0.15, 0.2) is 6.20 Å². The first-order chi connectivity index (χ1) is 9.15. The zero-order valence-electron chi connectivity index (χ0n) is 9.55. The lowest BCUT2D eigenvalue weighted by Gasteiger charge is -2.16. The highest BCUT2D eigenvalue weighted by molar-refractivity contribution is 6.17. The number of hydrogen-bond acceptors (Lipinski definition) is 3. The molecular formula is C10H7ClF5NO3. The van der Waals surface area contributed by atoms with Gasteiger partial charge in [0, 0.05) is 12.1 Å². The van der Waals surface area contributed by atoms with Crippen molar-refractivity contribution in [3.63, 3.8) is 0 Å². The number of carbonyl (C=O) groups is 1. The molecule has 0 aliphatic heterocycles. The molecule has 0 bridgehead atoms. The number of hydrogen-bond donors (Lipinski definition) is 1. The van der Waals surface area contributed by atoms with Gasteiger partial charge in [0.2, 0.25) is 5.88 Å². The summed E-state index contributed by atoms with van der Waals surface area (Å²) in [6.45, 7) is 0. The van der Waals surface area contributed by atoms with Crippen LogP contribution in [0.2, 0.25) is 0 Å². The molecule has 1 heterocycles. The number of nitrogens with zero attached hydrogens (tertiary/aromatic N) is 1. The molecule has 0 unspecified atom stereocenters. The van der Waals surface area contributed by atoms with Gasteiger partial charge < -0.3 is 9.84 Å². The van der Waals surface area contributed by atoms with E-state index in [1.807, 2.05) is 0 Å². The molecule has 4 nitrogen and oxygen atoms in total. The third-order valence-electron chi connectivity index (χ3n) is 2.19. The minimum atomic E-state index is -5.20. The van der Waals surface area contributed by atoms with Crippen LogP contribution in [0.25, 0.3) is 0 Å². The molecule has 1 rings (SSSR count). The molecule has 0 amide bonds. The van der Waals surface area contributed by atoms with Crippen molar-refractivity contribution in [2.75, 3.05) is 0 Å². The lowest BCUT2D eigenvalue weighted by Crippen LogP contribution is -2.20. The Morgan fingerprint density at radius 1 is 1.45 bits per heavy atom. The van der Waals surface area contributed by atoms with E-state index in [1.54, 1.807) is 0 Å². The minimum Gasteiger partial charge on any atom is -0.481 e. The van der Waals surface area contributed by atoms with Crippen molar-refractivity contribution in [2.45, 2.75) is 25.1 Å². The van der Waals surface area contributed by atoms with Crippen LogP contribution in [0.3, 0.4) is 0 Å². The van der Waals surface area contributed by atoms with E-state index in [0.717, 1.165) is 6.20 Å². The summed E-state index contributed by atoms with van der Waals surface area (Å²) in [7, 11) is 0. The Hall–Kier alpha value is -1.64. The Balaban J connectivity index is 3.37. The molecule has 0 atom stereocenters. The van der Waals surface area contributed by atoms with E-state index < -0.39 is 48.1 Å². The first-order valence-electron chi connectivity index (χ1n) is 4.98.